The van der Waals surface area contributed by atoms with E-state index in [0.717, 1.165) is 26.4 Å². The Bertz CT molecular complexity index is 453. The van der Waals surface area contributed by atoms with E-state index in [1.807, 2.05) is 0 Å². The van der Waals surface area contributed by atoms with E-state index in [9.17, 15) is 22.8 Å². The van der Waals surface area contributed by atoms with Crippen LogP contribution in [0.2, 0.25) is 0 Å². The molecule has 0 saturated heterocycles. The molecule has 0 aromatic heterocycles. The quantitative estimate of drug-likeness (QED) is 0.863. The SMILES string of the molecule is COP(=O)(OC)[C@@H](O)c1cccc(C(F)(F)F)c1. The lowest BCUT2D eigenvalue weighted by atomic mass is 10.1. The fourth-order valence-corrected chi connectivity index (χ4v) is 2.41. The summed E-state index contributed by atoms with van der Waals surface area (Å²) in [6.45, 7) is 0. The molecule has 8 heteroatoms. The molecule has 0 aliphatic heterocycles. The molecule has 102 valence electrons. The third-order valence-electron chi connectivity index (χ3n) is 2.32. The van der Waals surface area contributed by atoms with Crippen molar-refractivity contribution in [2.75, 3.05) is 14.2 Å². The normalized spacial score (nSPS) is 14.6. The second-order valence-corrected chi connectivity index (χ2v) is 5.70. The first-order valence-electron chi connectivity index (χ1n) is 4.81. The van der Waals surface area contributed by atoms with Crippen LogP contribution in [-0.2, 0) is 19.8 Å². The number of halogens is 3. The predicted octanol–water partition coefficient (Wildman–Crippen LogP) is 3.18. The first-order chi connectivity index (χ1) is 8.24. The molecule has 0 amide bonds. The van der Waals surface area contributed by atoms with Gasteiger partial charge < -0.3 is 14.2 Å². The van der Waals surface area contributed by atoms with Crippen LogP contribution in [0.4, 0.5) is 13.2 Å². The highest BCUT2D eigenvalue weighted by Gasteiger charge is 2.36. The molecule has 4 nitrogen and oxygen atoms in total. The molecule has 0 saturated carbocycles. The number of alkyl halides is 3. The molecule has 18 heavy (non-hydrogen) atoms. The minimum absolute atomic E-state index is 0.183. The third kappa shape index (κ3) is 3.11. The summed E-state index contributed by atoms with van der Waals surface area (Å²) in [5.74, 6) is -1.77. The van der Waals surface area contributed by atoms with Gasteiger partial charge in [0.2, 0.25) is 0 Å². The standard InChI is InChI=1S/C10H12F3O4P/c1-16-18(15,17-2)9(14)7-4-3-5-8(6-7)10(11,12)13/h3-6,9,14H,1-2H3/t9-/m1/s1. The summed E-state index contributed by atoms with van der Waals surface area (Å²) in [5.41, 5.74) is -1.13. The monoisotopic (exact) mass is 284 g/mol. The number of aliphatic hydroxyl groups excluding tert-OH is 1. The molecule has 1 rings (SSSR count). The van der Waals surface area contributed by atoms with Crippen molar-refractivity contribution < 1.29 is 31.9 Å². The minimum atomic E-state index is -4.54. The Hall–Kier alpha value is -0.880. The molecule has 1 aromatic rings. The van der Waals surface area contributed by atoms with Crippen molar-refractivity contribution in [2.24, 2.45) is 0 Å². The van der Waals surface area contributed by atoms with Crippen molar-refractivity contribution in [3.05, 3.63) is 35.4 Å². The fourth-order valence-electron chi connectivity index (χ4n) is 1.33. The lowest BCUT2D eigenvalue weighted by Gasteiger charge is -2.20. The summed E-state index contributed by atoms with van der Waals surface area (Å²) in [6, 6.07) is 3.87. The highest BCUT2D eigenvalue weighted by Crippen LogP contribution is 2.58. The molecule has 0 radical (unpaired) electrons. The summed E-state index contributed by atoms with van der Waals surface area (Å²) >= 11 is 0. The van der Waals surface area contributed by atoms with Crippen LogP contribution in [0.15, 0.2) is 24.3 Å². The average molecular weight is 284 g/mol. The Morgan fingerprint density at radius 2 is 1.83 bits per heavy atom. The van der Waals surface area contributed by atoms with Crippen molar-refractivity contribution in [1.29, 1.82) is 0 Å². The van der Waals surface area contributed by atoms with E-state index in [1.54, 1.807) is 0 Å². The maximum atomic E-state index is 12.5. The molecule has 1 atom stereocenters. The summed E-state index contributed by atoms with van der Waals surface area (Å²) in [7, 11) is -1.79. The summed E-state index contributed by atoms with van der Waals surface area (Å²) in [5, 5.41) is 9.75. The lowest BCUT2D eigenvalue weighted by Crippen LogP contribution is -2.08. The molecule has 0 bridgehead atoms. The number of hydrogen-bond donors (Lipinski definition) is 1. The summed E-state index contributed by atoms with van der Waals surface area (Å²) in [4.78, 5) is 0. The number of benzene rings is 1. The van der Waals surface area contributed by atoms with Crippen molar-refractivity contribution in [3.63, 3.8) is 0 Å². The lowest BCUT2D eigenvalue weighted by molar-refractivity contribution is -0.137. The van der Waals surface area contributed by atoms with Gasteiger partial charge in [0.15, 0.2) is 5.85 Å². The molecule has 0 aliphatic carbocycles. The number of aliphatic hydroxyl groups is 1. The Balaban J connectivity index is 3.15. The highest BCUT2D eigenvalue weighted by atomic mass is 31.2. The van der Waals surface area contributed by atoms with Gasteiger partial charge in [0.1, 0.15) is 0 Å². The summed E-state index contributed by atoms with van der Waals surface area (Å²) in [6.07, 6.45) is -4.54. The molecular formula is C10H12F3O4P. The maximum Gasteiger partial charge on any atom is 0.416 e. The van der Waals surface area contributed by atoms with Crippen LogP contribution in [-0.4, -0.2) is 19.3 Å². The number of hydrogen-bond acceptors (Lipinski definition) is 4. The fraction of sp³-hybridized carbons (Fsp3) is 0.400. The zero-order valence-electron chi connectivity index (χ0n) is 9.64. The van der Waals surface area contributed by atoms with Gasteiger partial charge in [-0.3, -0.25) is 4.57 Å². The van der Waals surface area contributed by atoms with E-state index < -0.39 is 25.2 Å². The van der Waals surface area contributed by atoms with Crippen LogP contribution >= 0.6 is 7.60 Å². The van der Waals surface area contributed by atoms with Gasteiger partial charge in [-0.05, 0) is 17.7 Å². The molecule has 0 unspecified atom stereocenters. The van der Waals surface area contributed by atoms with Crippen LogP contribution in [0.5, 0.6) is 0 Å². The zero-order valence-corrected chi connectivity index (χ0v) is 10.5. The van der Waals surface area contributed by atoms with Gasteiger partial charge in [0.05, 0.1) is 5.56 Å². The van der Waals surface area contributed by atoms with E-state index in [2.05, 4.69) is 9.05 Å². The van der Waals surface area contributed by atoms with Gasteiger partial charge in [0, 0.05) is 14.2 Å². The molecule has 0 heterocycles. The van der Waals surface area contributed by atoms with Gasteiger partial charge in [-0.25, -0.2) is 0 Å². The van der Waals surface area contributed by atoms with Gasteiger partial charge in [-0.2, -0.15) is 13.2 Å². The Kier molecular flexibility index (Phi) is 4.55. The van der Waals surface area contributed by atoms with Crippen LogP contribution in [0.1, 0.15) is 17.0 Å². The second kappa shape index (κ2) is 5.40. The van der Waals surface area contributed by atoms with E-state index in [0.29, 0.717) is 6.07 Å². The Morgan fingerprint density at radius 3 is 2.28 bits per heavy atom. The van der Waals surface area contributed by atoms with E-state index in [-0.39, 0.29) is 5.56 Å². The maximum absolute atomic E-state index is 12.5. The van der Waals surface area contributed by atoms with Crippen molar-refractivity contribution >= 4 is 7.60 Å². The first-order valence-corrected chi connectivity index (χ1v) is 6.42. The molecule has 1 N–H and O–H groups in total. The Morgan fingerprint density at radius 1 is 1.28 bits per heavy atom. The largest absolute Gasteiger partial charge is 0.416 e. The van der Waals surface area contributed by atoms with Gasteiger partial charge in [0.25, 0.3) is 0 Å². The topological polar surface area (TPSA) is 55.8 Å². The van der Waals surface area contributed by atoms with E-state index in [4.69, 9.17) is 0 Å². The average Bonchev–Trinajstić information content (AvgIpc) is 2.36. The van der Waals surface area contributed by atoms with E-state index in [1.165, 1.54) is 6.07 Å². The Labute approximate surface area is 102 Å². The zero-order chi connectivity index (χ0) is 14.0. The summed E-state index contributed by atoms with van der Waals surface area (Å²) < 4.78 is 58.3. The van der Waals surface area contributed by atoms with Crippen molar-refractivity contribution in [3.8, 4) is 0 Å². The van der Waals surface area contributed by atoms with Crippen molar-refractivity contribution in [2.45, 2.75) is 12.0 Å². The molecule has 0 fully saturated rings. The van der Waals surface area contributed by atoms with Crippen LogP contribution < -0.4 is 0 Å². The third-order valence-corrected chi connectivity index (χ3v) is 4.24. The molecule has 1 aromatic carbocycles. The van der Waals surface area contributed by atoms with Gasteiger partial charge >= 0.3 is 13.8 Å². The predicted molar refractivity (Wildman–Crippen MR) is 58.0 cm³/mol. The van der Waals surface area contributed by atoms with Crippen LogP contribution in [0, 0.1) is 0 Å². The molecule has 0 aliphatic rings. The molecule has 0 spiro atoms. The van der Waals surface area contributed by atoms with Gasteiger partial charge in [-0.1, -0.05) is 12.1 Å². The van der Waals surface area contributed by atoms with Crippen LogP contribution in [0.25, 0.3) is 0 Å². The van der Waals surface area contributed by atoms with Crippen molar-refractivity contribution in [1.82, 2.24) is 0 Å². The minimum Gasteiger partial charge on any atom is -0.376 e. The molecular weight excluding hydrogens is 272 g/mol. The second-order valence-electron chi connectivity index (χ2n) is 3.40. The van der Waals surface area contributed by atoms with Crippen LogP contribution in [0.3, 0.4) is 0 Å². The van der Waals surface area contributed by atoms with Gasteiger partial charge in [-0.15, -0.1) is 0 Å². The smallest absolute Gasteiger partial charge is 0.376 e. The first kappa shape index (κ1) is 15.2. The highest BCUT2D eigenvalue weighted by molar-refractivity contribution is 7.53. The van der Waals surface area contributed by atoms with E-state index >= 15 is 0 Å². The number of rotatable bonds is 4.